The Morgan fingerprint density at radius 1 is 1.17 bits per heavy atom. The maximum absolute atomic E-state index is 13.7. The van der Waals surface area contributed by atoms with Crippen LogP contribution in [0.3, 0.4) is 0 Å². The number of carbonyl (C=O) groups excluding carboxylic acids is 2. The number of thiazole rings is 2. The van der Waals surface area contributed by atoms with Gasteiger partial charge in [-0.2, -0.15) is 0 Å². The van der Waals surface area contributed by atoms with Crippen LogP contribution in [0.25, 0.3) is 20.7 Å². The van der Waals surface area contributed by atoms with Crippen LogP contribution in [0.5, 0.6) is 0 Å². The topological polar surface area (TPSA) is 78.4 Å². The van der Waals surface area contributed by atoms with Gasteiger partial charge in [-0.25, -0.2) is 9.97 Å². The molecule has 1 aliphatic rings. The highest BCUT2D eigenvalue weighted by atomic mass is 32.2. The van der Waals surface area contributed by atoms with Crippen molar-refractivity contribution >= 4 is 61.6 Å². The summed E-state index contributed by atoms with van der Waals surface area (Å²) in [5.41, 5.74) is 5.80. The Morgan fingerprint density at radius 3 is 2.74 bits per heavy atom. The van der Waals surface area contributed by atoms with Gasteiger partial charge in [-0.1, -0.05) is 47.2 Å². The van der Waals surface area contributed by atoms with E-state index in [0.717, 1.165) is 31.5 Å². The molecule has 180 valence electrons. The maximum Gasteiger partial charge on any atom is 0.275 e. The van der Waals surface area contributed by atoms with E-state index < -0.39 is 0 Å². The number of nitrogens with one attached hydrogen (secondary N) is 1. The summed E-state index contributed by atoms with van der Waals surface area (Å²) in [5, 5.41) is 3.67. The molecule has 2 aromatic heterocycles. The normalized spacial score (nSPS) is 15.5. The van der Waals surface area contributed by atoms with Crippen LogP contribution in [0, 0.1) is 6.92 Å². The van der Waals surface area contributed by atoms with Gasteiger partial charge < -0.3 is 15.1 Å². The van der Waals surface area contributed by atoms with E-state index in [1.807, 2.05) is 73.3 Å². The molecule has 0 aliphatic carbocycles. The van der Waals surface area contributed by atoms with Crippen molar-refractivity contribution in [3.05, 3.63) is 64.8 Å². The van der Waals surface area contributed by atoms with E-state index in [4.69, 9.17) is 4.98 Å². The quantitative estimate of drug-likeness (QED) is 0.393. The molecule has 5 rings (SSSR count). The minimum atomic E-state index is -0.150. The van der Waals surface area contributed by atoms with E-state index in [9.17, 15) is 9.59 Å². The number of benzene rings is 2. The molecule has 10 heteroatoms. The number of hydrogen-bond acceptors (Lipinski definition) is 8. The highest BCUT2D eigenvalue weighted by Gasteiger charge is 2.34. The number of carbonyl (C=O) groups is 2. The zero-order chi connectivity index (χ0) is 24.5. The predicted molar refractivity (Wildman–Crippen MR) is 146 cm³/mol. The van der Waals surface area contributed by atoms with Gasteiger partial charge in [0, 0.05) is 32.9 Å². The molecule has 0 bridgehead atoms. The van der Waals surface area contributed by atoms with E-state index in [-0.39, 0.29) is 17.2 Å². The number of nitrogens with zero attached hydrogens (tertiary/aromatic N) is 4. The molecular formula is C25H25N5O2S3. The van der Waals surface area contributed by atoms with Crippen molar-refractivity contribution < 1.29 is 9.59 Å². The van der Waals surface area contributed by atoms with Gasteiger partial charge in [-0.3, -0.25) is 9.59 Å². The average Bonchev–Trinajstić information content (AvgIpc) is 3.61. The summed E-state index contributed by atoms with van der Waals surface area (Å²) < 4.78 is 0.874. The molecule has 0 saturated carbocycles. The predicted octanol–water partition coefficient (Wildman–Crippen LogP) is 4.74. The molecule has 1 atom stereocenters. The lowest BCUT2D eigenvalue weighted by atomic mass is 10.1. The van der Waals surface area contributed by atoms with E-state index in [1.54, 1.807) is 17.3 Å². The van der Waals surface area contributed by atoms with Crippen LogP contribution in [-0.2, 0) is 0 Å². The standard InChI is InChI=1S/C25H25N5O2S3/c1-15-7-9-16(10-8-15)21-20(28-25(35-21)29(2)3)24(32)30-11-12-33-19(30)13-26-23(31)17-5-4-6-18-22(17)34-14-27-18/h4-10,14,19H,11-13H2,1-3H3,(H,26,31). The molecule has 1 aliphatic heterocycles. The second-order valence-electron chi connectivity index (χ2n) is 8.47. The van der Waals surface area contributed by atoms with Crippen molar-refractivity contribution in [2.24, 2.45) is 0 Å². The van der Waals surface area contributed by atoms with Crippen LogP contribution in [0.4, 0.5) is 5.13 Å². The van der Waals surface area contributed by atoms with Crippen molar-refractivity contribution in [2.45, 2.75) is 12.3 Å². The smallest absolute Gasteiger partial charge is 0.275 e. The lowest BCUT2D eigenvalue weighted by Gasteiger charge is -2.24. The van der Waals surface area contributed by atoms with Gasteiger partial charge in [-0.05, 0) is 24.6 Å². The zero-order valence-electron chi connectivity index (χ0n) is 19.6. The molecule has 1 unspecified atom stereocenters. The van der Waals surface area contributed by atoms with Crippen molar-refractivity contribution in [3.8, 4) is 10.4 Å². The number of hydrogen-bond donors (Lipinski definition) is 1. The lowest BCUT2D eigenvalue weighted by molar-refractivity contribution is 0.0747. The first kappa shape index (κ1) is 23.8. The number of anilines is 1. The van der Waals surface area contributed by atoms with Crippen molar-refractivity contribution in [2.75, 3.05) is 37.8 Å². The molecule has 2 amide bonds. The summed E-state index contributed by atoms with van der Waals surface area (Å²) in [5.74, 6) is 0.573. The number of thioether (sulfide) groups is 1. The summed E-state index contributed by atoms with van der Waals surface area (Å²) in [6.07, 6.45) is 0. The fourth-order valence-corrected chi connectivity index (χ4v) is 6.89. The summed E-state index contributed by atoms with van der Waals surface area (Å²) >= 11 is 4.65. The Balaban J connectivity index is 1.36. The van der Waals surface area contributed by atoms with Crippen LogP contribution in [0.1, 0.15) is 26.4 Å². The number of amides is 2. The fourth-order valence-electron chi connectivity index (χ4n) is 3.94. The zero-order valence-corrected chi connectivity index (χ0v) is 22.1. The minimum Gasteiger partial charge on any atom is -0.354 e. The first-order chi connectivity index (χ1) is 16.9. The van der Waals surface area contributed by atoms with E-state index >= 15 is 0 Å². The Hall–Kier alpha value is -2.95. The second-order valence-corrected chi connectivity index (χ2v) is 11.6. The first-order valence-corrected chi connectivity index (χ1v) is 13.9. The van der Waals surface area contributed by atoms with Crippen LogP contribution >= 0.6 is 34.4 Å². The number of aryl methyl sites for hydroxylation is 1. The number of fused-ring (bicyclic) bond motifs is 1. The summed E-state index contributed by atoms with van der Waals surface area (Å²) in [6.45, 7) is 3.04. The summed E-state index contributed by atoms with van der Waals surface area (Å²) in [6, 6.07) is 13.7. The molecule has 7 nitrogen and oxygen atoms in total. The molecule has 2 aromatic carbocycles. The second kappa shape index (κ2) is 9.96. The number of aromatic nitrogens is 2. The summed E-state index contributed by atoms with van der Waals surface area (Å²) in [7, 11) is 3.86. The Kier molecular flexibility index (Phi) is 6.77. The Labute approximate surface area is 216 Å². The SMILES string of the molecule is Cc1ccc(-c2sc(N(C)C)nc2C(=O)N2CCSC2CNC(=O)c2cccc3ncsc23)cc1. The lowest BCUT2D eigenvalue weighted by Crippen LogP contribution is -2.42. The Morgan fingerprint density at radius 2 is 1.97 bits per heavy atom. The number of rotatable bonds is 6. The average molecular weight is 524 g/mol. The highest BCUT2D eigenvalue weighted by Crippen LogP contribution is 2.36. The van der Waals surface area contributed by atoms with Crippen molar-refractivity contribution in [3.63, 3.8) is 0 Å². The minimum absolute atomic E-state index is 0.0984. The third kappa shape index (κ3) is 4.78. The van der Waals surface area contributed by atoms with Gasteiger partial charge in [0.1, 0.15) is 5.69 Å². The van der Waals surface area contributed by atoms with Crippen molar-refractivity contribution in [1.29, 1.82) is 0 Å². The van der Waals surface area contributed by atoms with Crippen LogP contribution in [-0.4, -0.2) is 65.0 Å². The molecule has 0 radical (unpaired) electrons. The van der Waals surface area contributed by atoms with E-state index in [2.05, 4.69) is 10.3 Å². The van der Waals surface area contributed by atoms with Crippen LogP contribution < -0.4 is 10.2 Å². The maximum atomic E-state index is 13.7. The van der Waals surface area contributed by atoms with Gasteiger partial charge in [0.2, 0.25) is 0 Å². The largest absolute Gasteiger partial charge is 0.354 e. The molecule has 35 heavy (non-hydrogen) atoms. The molecule has 1 saturated heterocycles. The Bertz CT molecular complexity index is 1380. The highest BCUT2D eigenvalue weighted by molar-refractivity contribution is 8.00. The third-order valence-corrected chi connectivity index (χ3v) is 9.18. The van der Waals surface area contributed by atoms with Crippen LogP contribution in [0.2, 0.25) is 0 Å². The molecule has 1 fully saturated rings. The van der Waals surface area contributed by atoms with Crippen LogP contribution in [0.15, 0.2) is 48.0 Å². The molecule has 0 spiro atoms. The molecule has 3 heterocycles. The van der Waals surface area contributed by atoms with Gasteiger partial charge in [0.25, 0.3) is 11.8 Å². The van der Waals surface area contributed by atoms with Gasteiger partial charge in [0.05, 0.1) is 31.5 Å². The molecule has 4 aromatic rings. The van der Waals surface area contributed by atoms with E-state index in [0.29, 0.717) is 24.3 Å². The molecular weight excluding hydrogens is 499 g/mol. The van der Waals surface area contributed by atoms with Gasteiger partial charge in [-0.15, -0.1) is 23.1 Å². The van der Waals surface area contributed by atoms with Gasteiger partial charge >= 0.3 is 0 Å². The van der Waals surface area contributed by atoms with Gasteiger partial charge in [0.15, 0.2) is 5.13 Å². The third-order valence-electron chi connectivity index (χ3n) is 5.80. The fraction of sp³-hybridized carbons (Fsp3) is 0.280. The summed E-state index contributed by atoms with van der Waals surface area (Å²) in [4.78, 5) is 40.3. The first-order valence-electron chi connectivity index (χ1n) is 11.2. The van der Waals surface area contributed by atoms with E-state index in [1.165, 1.54) is 28.2 Å². The van der Waals surface area contributed by atoms with Crippen molar-refractivity contribution in [1.82, 2.24) is 20.2 Å². The monoisotopic (exact) mass is 523 g/mol. The molecule has 1 N–H and O–H groups in total.